The third kappa shape index (κ3) is 4.95. The number of carbonyl (C=O) groups excluding carboxylic acids is 1. The van der Waals surface area contributed by atoms with Crippen LogP contribution in [0.1, 0.15) is 44.7 Å². The summed E-state index contributed by atoms with van der Waals surface area (Å²) in [5, 5.41) is 3.18. The highest BCUT2D eigenvalue weighted by Crippen LogP contribution is 2.31. The lowest BCUT2D eigenvalue weighted by Crippen LogP contribution is -2.44. The Morgan fingerprint density at radius 1 is 1.13 bits per heavy atom. The lowest BCUT2D eigenvalue weighted by molar-refractivity contribution is -0.125. The molecule has 6 nitrogen and oxygen atoms in total. The van der Waals surface area contributed by atoms with Crippen LogP contribution >= 0.6 is 0 Å². The van der Waals surface area contributed by atoms with Gasteiger partial charge in [-0.3, -0.25) is 4.79 Å². The highest BCUT2D eigenvalue weighted by atomic mass is 16.5. The molecule has 1 fully saturated rings. The molecule has 1 aliphatic rings. The molecule has 31 heavy (non-hydrogen) atoms. The first-order valence-corrected chi connectivity index (χ1v) is 11.2. The van der Waals surface area contributed by atoms with E-state index in [2.05, 4.69) is 17.1 Å². The largest absolute Gasteiger partial charge is 0.475 e. The summed E-state index contributed by atoms with van der Waals surface area (Å²) in [6.07, 6.45) is 2.70. The Balaban J connectivity index is 1.52. The van der Waals surface area contributed by atoms with Gasteiger partial charge in [0, 0.05) is 13.1 Å². The number of benzene rings is 2. The van der Waals surface area contributed by atoms with E-state index in [9.17, 15) is 4.79 Å². The fourth-order valence-electron chi connectivity index (χ4n) is 4.02. The van der Waals surface area contributed by atoms with Crippen molar-refractivity contribution in [1.82, 2.24) is 15.3 Å². The van der Waals surface area contributed by atoms with Crippen LogP contribution in [0.2, 0.25) is 0 Å². The minimum atomic E-state index is -0.0905. The normalized spacial score (nSPS) is 17.4. The number of para-hydroxylation sites is 2. The van der Waals surface area contributed by atoms with Crippen molar-refractivity contribution in [1.29, 1.82) is 0 Å². The van der Waals surface area contributed by atoms with Crippen molar-refractivity contribution in [2.75, 3.05) is 24.6 Å². The van der Waals surface area contributed by atoms with Crippen LogP contribution in [0, 0.1) is 5.92 Å². The molecule has 1 amide bonds. The zero-order valence-corrected chi connectivity index (χ0v) is 18.3. The Hall–Kier alpha value is -3.15. The first-order chi connectivity index (χ1) is 15.2. The number of rotatable bonds is 7. The van der Waals surface area contributed by atoms with Gasteiger partial charge < -0.3 is 15.0 Å². The number of hydrogen-bond acceptors (Lipinski definition) is 5. The highest BCUT2D eigenvalue weighted by Gasteiger charge is 2.29. The van der Waals surface area contributed by atoms with Crippen molar-refractivity contribution >= 4 is 22.8 Å². The molecule has 1 N–H and O–H groups in total. The average molecular weight is 419 g/mol. The average Bonchev–Trinajstić information content (AvgIpc) is 2.82. The van der Waals surface area contributed by atoms with Crippen molar-refractivity contribution < 1.29 is 9.53 Å². The third-order valence-electron chi connectivity index (χ3n) is 5.71. The van der Waals surface area contributed by atoms with Crippen LogP contribution in [0.4, 0.5) is 5.82 Å². The number of carbonyl (C=O) groups is 1. The summed E-state index contributed by atoms with van der Waals surface area (Å²) in [6.45, 7) is 6.14. The third-order valence-corrected chi connectivity index (χ3v) is 5.71. The van der Waals surface area contributed by atoms with E-state index in [1.165, 1.54) is 0 Å². The van der Waals surface area contributed by atoms with Gasteiger partial charge in [0.05, 0.1) is 29.6 Å². The molecule has 3 aromatic rings. The quantitative estimate of drug-likeness (QED) is 0.611. The summed E-state index contributed by atoms with van der Waals surface area (Å²) in [5.41, 5.74) is 2.77. The number of aromatic nitrogens is 2. The Kier molecular flexibility index (Phi) is 6.65. The van der Waals surface area contributed by atoms with Gasteiger partial charge in [0.15, 0.2) is 5.82 Å². The lowest BCUT2D eigenvalue weighted by atomic mass is 9.96. The summed E-state index contributed by atoms with van der Waals surface area (Å²) in [5.74, 6) is 1.29. The molecule has 162 valence electrons. The molecule has 4 rings (SSSR count). The Morgan fingerprint density at radius 2 is 1.84 bits per heavy atom. The van der Waals surface area contributed by atoms with Crippen molar-refractivity contribution in [3.63, 3.8) is 0 Å². The zero-order valence-electron chi connectivity index (χ0n) is 18.3. The van der Waals surface area contributed by atoms with E-state index in [0.29, 0.717) is 19.0 Å². The lowest BCUT2D eigenvalue weighted by Gasteiger charge is -2.34. The van der Waals surface area contributed by atoms with E-state index in [-0.39, 0.29) is 17.9 Å². The second-order valence-electron chi connectivity index (χ2n) is 8.12. The predicted octanol–water partition coefficient (Wildman–Crippen LogP) is 4.51. The van der Waals surface area contributed by atoms with Gasteiger partial charge in [-0.05, 0) is 43.9 Å². The molecule has 2 unspecified atom stereocenters. The Bertz CT molecular complexity index is 1020. The van der Waals surface area contributed by atoms with Gasteiger partial charge in [-0.15, -0.1) is 0 Å². The van der Waals surface area contributed by atoms with Crippen LogP contribution in [-0.2, 0) is 4.79 Å². The summed E-state index contributed by atoms with van der Waals surface area (Å²) in [6, 6.07) is 17.9. The number of anilines is 1. The number of ether oxygens (including phenoxy) is 1. The maximum absolute atomic E-state index is 13.0. The van der Waals surface area contributed by atoms with E-state index in [4.69, 9.17) is 14.7 Å². The number of nitrogens with zero attached hydrogens (tertiary/aromatic N) is 3. The topological polar surface area (TPSA) is 67.4 Å². The Morgan fingerprint density at radius 3 is 2.58 bits per heavy atom. The first kappa shape index (κ1) is 21.1. The summed E-state index contributed by atoms with van der Waals surface area (Å²) >= 11 is 0. The van der Waals surface area contributed by atoms with Gasteiger partial charge in [0.2, 0.25) is 5.91 Å². The van der Waals surface area contributed by atoms with Gasteiger partial charge in [-0.25, -0.2) is 9.97 Å². The molecule has 0 radical (unpaired) electrons. The molecule has 1 saturated heterocycles. The van der Waals surface area contributed by atoms with Crippen LogP contribution in [0.15, 0.2) is 54.6 Å². The van der Waals surface area contributed by atoms with Crippen LogP contribution in [0.5, 0.6) is 5.88 Å². The van der Waals surface area contributed by atoms with Gasteiger partial charge in [0.1, 0.15) is 0 Å². The minimum absolute atomic E-state index is 0.0204. The van der Waals surface area contributed by atoms with E-state index in [1.54, 1.807) is 0 Å². The van der Waals surface area contributed by atoms with E-state index in [1.807, 2.05) is 61.5 Å². The van der Waals surface area contributed by atoms with Crippen molar-refractivity contribution in [2.45, 2.75) is 39.2 Å². The molecule has 0 saturated carbocycles. The molecule has 2 atom stereocenters. The molecule has 2 heterocycles. The van der Waals surface area contributed by atoms with Crippen molar-refractivity contribution in [3.05, 3.63) is 60.2 Å². The van der Waals surface area contributed by atoms with E-state index < -0.39 is 0 Å². The van der Waals surface area contributed by atoms with Gasteiger partial charge in [0.25, 0.3) is 5.88 Å². The molecule has 0 aliphatic carbocycles. The summed E-state index contributed by atoms with van der Waals surface area (Å²) in [4.78, 5) is 24.8. The number of amides is 1. The number of hydrogen-bond donors (Lipinski definition) is 1. The molecular formula is C25H30N4O2. The second-order valence-corrected chi connectivity index (χ2v) is 8.12. The monoisotopic (exact) mass is 418 g/mol. The van der Waals surface area contributed by atoms with Crippen LogP contribution < -0.4 is 15.0 Å². The number of nitrogens with one attached hydrogen (secondary N) is 1. The summed E-state index contributed by atoms with van der Waals surface area (Å²) < 4.78 is 5.95. The molecule has 6 heteroatoms. The van der Waals surface area contributed by atoms with Crippen LogP contribution in [0.3, 0.4) is 0 Å². The fourth-order valence-corrected chi connectivity index (χ4v) is 4.02. The first-order valence-electron chi connectivity index (χ1n) is 11.2. The van der Waals surface area contributed by atoms with E-state index in [0.717, 1.165) is 48.2 Å². The number of fused-ring (bicyclic) bond motifs is 1. The maximum atomic E-state index is 13.0. The summed E-state index contributed by atoms with van der Waals surface area (Å²) in [7, 11) is 0. The van der Waals surface area contributed by atoms with Gasteiger partial charge >= 0.3 is 0 Å². The molecule has 0 bridgehead atoms. The Labute approximate surface area is 183 Å². The standard InChI is InChI=1S/C25H30N4O2/c1-3-16-31-25-23(27-21-13-7-8-14-22(21)28-25)29-15-9-12-20(17-29)24(30)26-18(2)19-10-5-4-6-11-19/h4-8,10-11,13-14,18,20H,3,9,12,15-17H2,1-2H3,(H,26,30). The van der Waals surface area contributed by atoms with Crippen molar-refractivity contribution in [2.24, 2.45) is 5.92 Å². The fraction of sp³-hybridized carbons (Fsp3) is 0.400. The minimum Gasteiger partial charge on any atom is -0.475 e. The molecule has 0 spiro atoms. The zero-order chi connectivity index (χ0) is 21.6. The maximum Gasteiger partial charge on any atom is 0.258 e. The SMILES string of the molecule is CCCOc1nc2ccccc2nc1N1CCCC(C(=O)NC(C)c2ccccc2)C1. The van der Waals surface area contributed by atoms with Gasteiger partial charge in [-0.1, -0.05) is 49.4 Å². The smallest absolute Gasteiger partial charge is 0.258 e. The predicted molar refractivity (Wildman–Crippen MR) is 123 cm³/mol. The molecule has 1 aromatic heterocycles. The van der Waals surface area contributed by atoms with E-state index >= 15 is 0 Å². The van der Waals surface area contributed by atoms with Gasteiger partial charge in [-0.2, -0.15) is 0 Å². The second kappa shape index (κ2) is 9.77. The molecular weight excluding hydrogens is 388 g/mol. The van der Waals surface area contributed by atoms with Crippen molar-refractivity contribution in [3.8, 4) is 5.88 Å². The molecule has 1 aliphatic heterocycles. The van der Waals surface area contributed by atoms with Crippen LogP contribution in [0.25, 0.3) is 11.0 Å². The van der Waals surface area contributed by atoms with Crippen LogP contribution in [-0.4, -0.2) is 35.6 Å². The highest BCUT2D eigenvalue weighted by molar-refractivity contribution is 5.81. The molecule has 2 aromatic carbocycles. The number of piperidine rings is 1.